The van der Waals surface area contributed by atoms with Crippen LogP contribution in [0.2, 0.25) is 0 Å². The van der Waals surface area contributed by atoms with E-state index in [0.717, 1.165) is 27.5 Å². The quantitative estimate of drug-likeness (QED) is 0.671. The van der Waals surface area contributed by atoms with Crippen molar-refractivity contribution in [1.82, 2.24) is 0 Å². The van der Waals surface area contributed by atoms with Crippen LogP contribution >= 0.6 is 11.8 Å². The van der Waals surface area contributed by atoms with E-state index >= 15 is 0 Å². The van der Waals surface area contributed by atoms with Gasteiger partial charge in [-0.2, -0.15) is 0 Å². The molecule has 0 saturated carbocycles. The second-order valence-corrected chi connectivity index (χ2v) is 6.36. The van der Waals surface area contributed by atoms with Crippen molar-refractivity contribution in [1.29, 1.82) is 0 Å². The Morgan fingerprint density at radius 3 is 2.87 bits per heavy atom. The van der Waals surface area contributed by atoms with E-state index in [0.29, 0.717) is 13.2 Å². The Hall–Kier alpha value is -1.82. The number of hydrogen-bond acceptors (Lipinski definition) is 4. The molecule has 0 aromatic heterocycles. The summed E-state index contributed by atoms with van der Waals surface area (Å²) in [7, 11) is 0. The Kier molecular flexibility index (Phi) is 4.71. The third kappa shape index (κ3) is 3.00. The number of carbonyl (C=O) groups is 1. The number of anilines is 1. The maximum absolute atomic E-state index is 12.3. The molecule has 1 aromatic carbocycles. The molecule has 4 nitrogen and oxygen atoms in total. The minimum Gasteiger partial charge on any atom is -0.338 e. The van der Waals surface area contributed by atoms with Crippen LogP contribution in [0.1, 0.15) is 18.9 Å². The first-order valence-electron chi connectivity index (χ1n) is 7.57. The molecule has 1 fully saturated rings. The van der Waals surface area contributed by atoms with E-state index in [1.54, 1.807) is 17.8 Å². The molecule has 2 aliphatic heterocycles. The van der Waals surface area contributed by atoms with Gasteiger partial charge in [0.15, 0.2) is 0 Å². The number of thioether (sulfide) groups is 1. The normalized spacial score (nSPS) is 19.9. The lowest BCUT2D eigenvalue weighted by Gasteiger charge is -2.31. The van der Waals surface area contributed by atoms with Gasteiger partial charge in [0, 0.05) is 15.4 Å². The first-order chi connectivity index (χ1) is 11.2. The molecule has 0 radical (unpaired) electrons. The molecule has 1 N–H and O–H groups in total. The molecule has 3 rings (SSSR count). The van der Waals surface area contributed by atoms with Gasteiger partial charge in [0.25, 0.3) is 11.7 Å². The zero-order valence-corrected chi connectivity index (χ0v) is 13.8. The third-order valence-corrected chi connectivity index (χ3v) is 4.81. The lowest BCUT2D eigenvalue weighted by Crippen LogP contribution is -2.43. The first kappa shape index (κ1) is 16.1. The highest BCUT2D eigenvalue weighted by molar-refractivity contribution is 8.03. The summed E-state index contributed by atoms with van der Waals surface area (Å²) in [5, 5.41) is 2.85. The second-order valence-electron chi connectivity index (χ2n) is 5.22. The molecule has 1 saturated heterocycles. The Bertz CT molecular complexity index is 688. The van der Waals surface area contributed by atoms with Crippen LogP contribution < -0.4 is 5.32 Å². The summed E-state index contributed by atoms with van der Waals surface area (Å²) >= 11 is 1.62. The van der Waals surface area contributed by atoms with Gasteiger partial charge >= 0.3 is 0 Å². The fourth-order valence-corrected chi connectivity index (χ4v) is 3.45. The number of allylic oxidation sites excluding steroid dienone is 4. The van der Waals surface area contributed by atoms with Crippen LogP contribution in [0.3, 0.4) is 0 Å². The number of fused-ring (bicyclic) bond motifs is 2. The Balaban J connectivity index is 1.91. The molecule has 2 aliphatic rings. The average Bonchev–Trinajstić information content (AvgIpc) is 2.84. The van der Waals surface area contributed by atoms with Gasteiger partial charge < -0.3 is 14.8 Å². The summed E-state index contributed by atoms with van der Waals surface area (Å²) in [6.45, 7) is 6.71. The number of carbonyl (C=O) groups excluding carboxylic acids is 1. The summed E-state index contributed by atoms with van der Waals surface area (Å²) in [6, 6.07) is 5.85. The number of rotatable bonds is 4. The molecule has 23 heavy (non-hydrogen) atoms. The van der Waals surface area contributed by atoms with E-state index in [4.69, 9.17) is 9.47 Å². The van der Waals surface area contributed by atoms with Gasteiger partial charge in [-0.25, -0.2) is 0 Å². The van der Waals surface area contributed by atoms with Gasteiger partial charge in [0.2, 0.25) is 0 Å². The van der Waals surface area contributed by atoms with Gasteiger partial charge in [-0.05, 0) is 37.6 Å². The molecular formula is C18H19NO3S. The monoisotopic (exact) mass is 329 g/mol. The molecule has 1 spiro atoms. The summed E-state index contributed by atoms with van der Waals surface area (Å²) in [6.07, 6.45) is 8.47. The van der Waals surface area contributed by atoms with Crippen molar-refractivity contribution >= 4 is 23.4 Å². The highest BCUT2D eigenvalue weighted by Crippen LogP contribution is 2.43. The maximum atomic E-state index is 12.3. The largest absolute Gasteiger partial charge is 0.338 e. The molecule has 0 unspecified atom stereocenters. The van der Waals surface area contributed by atoms with E-state index in [1.807, 2.05) is 43.4 Å². The van der Waals surface area contributed by atoms with Crippen molar-refractivity contribution in [3.63, 3.8) is 0 Å². The van der Waals surface area contributed by atoms with E-state index < -0.39 is 5.79 Å². The second kappa shape index (κ2) is 6.74. The Morgan fingerprint density at radius 2 is 2.17 bits per heavy atom. The zero-order valence-electron chi connectivity index (χ0n) is 13.0. The maximum Gasteiger partial charge on any atom is 0.289 e. The van der Waals surface area contributed by atoms with Gasteiger partial charge in [0.1, 0.15) is 0 Å². The van der Waals surface area contributed by atoms with Crippen molar-refractivity contribution in [3.8, 4) is 0 Å². The highest BCUT2D eigenvalue weighted by atomic mass is 32.2. The van der Waals surface area contributed by atoms with Crippen LogP contribution in [0, 0.1) is 0 Å². The third-order valence-electron chi connectivity index (χ3n) is 3.71. The van der Waals surface area contributed by atoms with Crippen LogP contribution in [-0.2, 0) is 20.1 Å². The summed E-state index contributed by atoms with van der Waals surface area (Å²) < 4.78 is 11.5. The highest BCUT2D eigenvalue weighted by Gasteiger charge is 2.51. The smallest absolute Gasteiger partial charge is 0.289 e. The number of benzene rings is 1. The average molecular weight is 329 g/mol. The summed E-state index contributed by atoms with van der Waals surface area (Å²) in [5.74, 6) is -1.52. The fourth-order valence-electron chi connectivity index (χ4n) is 2.60. The molecule has 0 bridgehead atoms. The minimum absolute atomic E-state index is 0.243. The van der Waals surface area contributed by atoms with Gasteiger partial charge in [-0.15, -0.1) is 0 Å². The van der Waals surface area contributed by atoms with E-state index in [1.165, 1.54) is 0 Å². The topological polar surface area (TPSA) is 47.6 Å². The van der Waals surface area contributed by atoms with Crippen LogP contribution in [0.25, 0.3) is 0 Å². The van der Waals surface area contributed by atoms with Crippen molar-refractivity contribution in [3.05, 3.63) is 59.6 Å². The van der Waals surface area contributed by atoms with Crippen molar-refractivity contribution < 1.29 is 14.3 Å². The van der Waals surface area contributed by atoms with E-state index in [2.05, 4.69) is 11.9 Å². The molecule has 1 amide bonds. The molecular weight excluding hydrogens is 310 g/mol. The minimum atomic E-state index is -1.28. The first-order valence-corrected chi connectivity index (χ1v) is 8.38. The molecule has 1 aromatic rings. The number of hydrogen-bond donors (Lipinski definition) is 1. The van der Waals surface area contributed by atoms with Crippen LogP contribution in [0.4, 0.5) is 5.69 Å². The Morgan fingerprint density at radius 1 is 1.39 bits per heavy atom. The van der Waals surface area contributed by atoms with Crippen LogP contribution in [-0.4, -0.2) is 19.1 Å². The Labute approximate surface area is 140 Å². The number of ether oxygens (including phenoxy) is 2. The summed E-state index contributed by atoms with van der Waals surface area (Å²) in [4.78, 5) is 14.5. The summed E-state index contributed by atoms with van der Waals surface area (Å²) in [5.41, 5.74) is 1.51. The van der Waals surface area contributed by atoms with Crippen molar-refractivity contribution in [2.24, 2.45) is 0 Å². The van der Waals surface area contributed by atoms with E-state index in [9.17, 15) is 4.79 Å². The fraction of sp³-hybridized carbons (Fsp3) is 0.278. The lowest BCUT2D eigenvalue weighted by atomic mass is 10.1. The lowest BCUT2D eigenvalue weighted by molar-refractivity contribution is -0.255. The standard InChI is InChI=1S/C18H19NO3S/c1-3-5-7-13(4-2)23-14-8-9-16-15(12-14)18(17(20)19-16)21-10-6-11-22-18/h3-5,7-9,12H,1,6,10-11H2,2H3,(H,19,20)/b7-5-,13-4+. The number of amides is 1. The van der Waals surface area contributed by atoms with Gasteiger partial charge in [-0.3, -0.25) is 4.79 Å². The SMILES string of the molecule is C=C/C=C\C(=C/C)Sc1ccc2c(c1)C1(OCCCO1)C(=O)N2. The van der Waals surface area contributed by atoms with Crippen LogP contribution in [0.15, 0.2) is 58.9 Å². The van der Waals surface area contributed by atoms with Crippen molar-refractivity contribution in [2.75, 3.05) is 18.5 Å². The number of nitrogens with one attached hydrogen (secondary N) is 1. The van der Waals surface area contributed by atoms with Gasteiger partial charge in [-0.1, -0.05) is 36.6 Å². The van der Waals surface area contributed by atoms with Crippen LogP contribution in [0.5, 0.6) is 0 Å². The van der Waals surface area contributed by atoms with Crippen molar-refractivity contribution in [2.45, 2.75) is 24.0 Å². The van der Waals surface area contributed by atoms with Gasteiger partial charge in [0.05, 0.1) is 18.9 Å². The molecule has 5 heteroatoms. The predicted octanol–water partition coefficient (Wildman–Crippen LogP) is 3.97. The predicted molar refractivity (Wildman–Crippen MR) is 92.2 cm³/mol. The molecule has 0 aliphatic carbocycles. The van der Waals surface area contributed by atoms with E-state index in [-0.39, 0.29) is 5.91 Å². The molecule has 2 heterocycles. The zero-order chi connectivity index (χ0) is 16.3. The molecule has 0 atom stereocenters. The molecule has 120 valence electrons.